The van der Waals surface area contributed by atoms with E-state index in [1.54, 1.807) is 0 Å². The van der Waals surface area contributed by atoms with Crippen LogP contribution in [0.15, 0.2) is 0 Å². The number of hydrogen-bond donors (Lipinski definition) is 2. The molecule has 2 rings (SSSR count). The van der Waals surface area contributed by atoms with Crippen LogP contribution in [0.1, 0.15) is 45.4 Å². The lowest BCUT2D eigenvalue weighted by molar-refractivity contribution is -0.123. The number of amides is 1. The van der Waals surface area contributed by atoms with E-state index >= 15 is 0 Å². The zero-order valence-electron chi connectivity index (χ0n) is 10.3. The van der Waals surface area contributed by atoms with Crippen LogP contribution in [0.3, 0.4) is 0 Å². The standard InChI is InChI=1S/C13H24N2O/c1-10(12-3-2-4-12)15-13(16)9-11-5-7-14-8-6-11/h10-12,14H,2-9H2,1H3,(H,15,16). The van der Waals surface area contributed by atoms with Crippen molar-refractivity contribution in [1.29, 1.82) is 0 Å². The van der Waals surface area contributed by atoms with E-state index in [1.165, 1.54) is 19.3 Å². The Morgan fingerprint density at radius 3 is 2.56 bits per heavy atom. The Hall–Kier alpha value is -0.570. The van der Waals surface area contributed by atoms with E-state index in [0.29, 0.717) is 12.0 Å². The lowest BCUT2D eigenvalue weighted by Gasteiger charge is -2.32. The molecule has 2 aliphatic rings. The van der Waals surface area contributed by atoms with Crippen molar-refractivity contribution in [3.8, 4) is 0 Å². The molecule has 1 atom stereocenters. The first-order valence-electron chi connectivity index (χ1n) is 6.76. The molecule has 1 amide bonds. The average molecular weight is 224 g/mol. The average Bonchev–Trinajstić information content (AvgIpc) is 2.15. The molecular formula is C13H24N2O. The summed E-state index contributed by atoms with van der Waals surface area (Å²) in [4.78, 5) is 11.8. The summed E-state index contributed by atoms with van der Waals surface area (Å²) in [6, 6.07) is 0.392. The number of carbonyl (C=O) groups is 1. The minimum absolute atomic E-state index is 0.270. The van der Waals surface area contributed by atoms with Crippen molar-refractivity contribution in [2.45, 2.75) is 51.5 Å². The van der Waals surface area contributed by atoms with Gasteiger partial charge < -0.3 is 10.6 Å². The van der Waals surface area contributed by atoms with E-state index in [1.807, 2.05) is 0 Å². The molecule has 2 N–H and O–H groups in total. The van der Waals surface area contributed by atoms with Crippen LogP contribution in [0.4, 0.5) is 0 Å². The fourth-order valence-corrected chi connectivity index (χ4v) is 2.72. The minimum Gasteiger partial charge on any atom is -0.353 e. The molecule has 0 radical (unpaired) electrons. The van der Waals surface area contributed by atoms with Crippen molar-refractivity contribution in [3.05, 3.63) is 0 Å². The summed E-state index contributed by atoms with van der Waals surface area (Å²) >= 11 is 0. The quantitative estimate of drug-likeness (QED) is 0.763. The van der Waals surface area contributed by atoms with Gasteiger partial charge in [0.15, 0.2) is 0 Å². The number of nitrogens with one attached hydrogen (secondary N) is 2. The van der Waals surface area contributed by atoms with Gasteiger partial charge in [-0.25, -0.2) is 0 Å². The summed E-state index contributed by atoms with van der Waals surface area (Å²) in [6.07, 6.45) is 7.00. The van der Waals surface area contributed by atoms with Gasteiger partial charge in [0.1, 0.15) is 0 Å². The largest absolute Gasteiger partial charge is 0.353 e. The van der Waals surface area contributed by atoms with Crippen LogP contribution in [-0.2, 0) is 4.79 Å². The molecule has 1 saturated heterocycles. The predicted octanol–water partition coefficient (Wildman–Crippen LogP) is 1.68. The van der Waals surface area contributed by atoms with Gasteiger partial charge in [0, 0.05) is 12.5 Å². The minimum atomic E-state index is 0.270. The zero-order valence-corrected chi connectivity index (χ0v) is 10.3. The number of carbonyl (C=O) groups excluding carboxylic acids is 1. The van der Waals surface area contributed by atoms with E-state index in [2.05, 4.69) is 17.6 Å². The van der Waals surface area contributed by atoms with Crippen molar-refractivity contribution in [2.75, 3.05) is 13.1 Å². The molecule has 1 aliphatic heterocycles. The lowest BCUT2D eigenvalue weighted by Crippen LogP contribution is -2.42. The molecule has 1 aliphatic carbocycles. The van der Waals surface area contributed by atoms with E-state index in [4.69, 9.17) is 0 Å². The van der Waals surface area contributed by atoms with Crippen LogP contribution in [0.2, 0.25) is 0 Å². The molecule has 0 aromatic heterocycles. The lowest BCUT2D eigenvalue weighted by atomic mass is 9.80. The van der Waals surface area contributed by atoms with Crippen LogP contribution in [-0.4, -0.2) is 25.0 Å². The van der Waals surface area contributed by atoms with Gasteiger partial charge in [-0.05, 0) is 57.5 Å². The fraction of sp³-hybridized carbons (Fsp3) is 0.923. The number of piperidine rings is 1. The van der Waals surface area contributed by atoms with E-state index in [9.17, 15) is 4.79 Å². The Morgan fingerprint density at radius 1 is 1.31 bits per heavy atom. The molecular weight excluding hydrogens is 200 g/mol. The van der Waals surface area contributed by atoms with E-state index in [-0.39, 0.29) is 5.91 Å². The smallest absolute Gasteiger partial charge is 0.220 e. The zero-order chi connectivity index (χ0) is 11.4. The molecule has 1 saturated carbocycles. The SMILES string of the molecule is CC(NC(=O)CC1CCNCC1)C1CCC1. The molecule has 2 fully saturated rings. The number of rotatable bonds is 4. The third kappa shape index (κ3) is 3.21. The third-order valence-electron chi connectivity index (χ3n) is 4.18. The molecule has 0 aromatic carbocycles. The van der Waals surface area contributed by atoms with Crippen molar-refractivity contribution < 1.29 is 4.79 Å². The van der Waals surface area contributed by atoms with Crippen LogP contribution in [0, 0.1) is 11.8 Å². The summed E-state index contributed by atoms with van der Waals surface area (Å²) in [5, 5.41) is 6.50. The molecule has 0 aromatic rings. The van der Waals surface area contributed by atoms with Gasteiger partial charge in [-0.15, -0.1) is 0 Å². The monoisotopic (exact) mass is 224 g/mol. The molecule has 0 bridgehead atoms. The normalized spacial score (nSPS) is 24.8. The summed E-state index contributed by atoms with van der Waals surface area (Å²) in [7, 11) is 0. The molecule has 3 heteroatoms. The van der Waals surface area contributed by atoms with Crippen LogP contribution in [0.25, 0.3) is 0 Å². The molecule has 1 heterocycles. The van der Waals surface area contributed by atoms with Gasteiger partial charge in [0.2, 0.25) is 5.91 Å². The first kappa shape index (κ1) is 11.9. The highest BCUT2D eigenvalue weighted by Crippen LogP contribution is 2.29. The highest BCUT2D eigenvalue weighted by atomic mass is 16.1. The second kappa shape index (κ2) is 5.67. The van der Waals surface area contributed by atoms with Crippen molar-refractivity contribution >= 4 is 5.91 Å². The Bertz CT molecular complexity index is 226. The first-order valence-corrected chi connectivity index (χ1v) is 6.76. The van der Waals surface area contributed by atoms with Crippen molar-refractivity contribution in [1.82, 2.24) is 10.6 Å². The van der Waals surface area contributed by atoms with Gasteiger partial charge >= 0.3 is 0 Å². The molecule has 92 valence electrons. The molecule has 3 nitrogen and oxygen atoms in total. The molecule has 16 heavy (non-hydrogen) atoms. The van der Waals surface area contributed by atoms with Gasteiger partial charge in [-0.1, -0.05) is 6.42 Å². The maximum Gasteiger partial charge on any atom is 0.220 e. The summed E-state index contributed by atoms with van der Waals surface area (Å²) in [5.41, 5.74) is 0. The number of hydrogen-bond acceptors (Lipinski definition) is 2. The molecule has 1 unspecified atom stereocenters. The summed E-state index contributed by atoms with van der Waals surface area (Å²) in [6.45, 7) is 4.32. The Labute approximate surface area is 98.4 Å². The highest BCUT2D eigenvalue weighted by Gasteiger charge is 2.25. The first-order chi connectivity index (χ1) is 7.75. The van der Waals surface area contributed by atoms with Gasteiger partial charge in [0.25, 0.3) is 0 Å². The van der Waals surface area contributed by atoms with E-state index < -0.39 is 0 Å². The maximum atomic E-state index is 11.8. The van der Waals surface area contributed by atoms with Crippen LogP contribution < -0.4 is 10.6 Å². The maximum absolute atomic E-state index is 11.8. The highest BCUT2D eigenvalue weighted by molar-refractivity contribution is 5.76. The third-order valence-corrected chi connectivity index (χ3v) is 4.18. The second-order valence-electron chi connectivity index (χ2n) is 5.44. The molecule has 0 spiro atoms. The fourth-order valence-electron chi connectivity index (χ4n) is 2.72. The van der Waals surface area contributed by atoms with Gasteiger partial charge in [-0.2, -0.15) is 0 Å². The van der Waals surface area contributed by atoms with Gasteiger partial charge in [0.05, 0.1) is 0 Å². The van der Waals surface area contributed by atoms with Gasteiger partial charge in [-0.3, -0.25) is 4.79 Å². The van der Waals surface area contributed by atoms with Crippen LogP contribution in [0.5, 0.6) is 0 Å². The van der Waals surface area contributed by atoms with Crippen molar-refractivity contribution in [2.24, 2.45) is 11.8 Å². The topological polar surface area (TPSA) is 41.1 Å². The van der Waals surface area contributed by atoms with Crippen LogP contribution >= 0.6 is 0 Å². The Morgan fingerprint density at radius 2 is 2.00 bits per heavy atom. The Kier molecular flexibility index (Phi) is 4.22. The van der Waals surface area contributed by atoms with E-state index in [0.717, 1.165) is 38.3 Å². The second-order valence-corrected chi connectivity index (χ2v) is 5.44. The summed E-state index contributed by atoms with van der Waals surface area (Å²) in [5.74, 6) is 1.62. The van der Waals surface area contributed by atoms with Crippen molar-refractivity contribution in [3.63, 3.8) is 0 Å². The predicted molar refractivity (Wildman–Crippen MR) is 65.2 cm³/mol. The summed E-state index contributed by atoms with van der Waals surface area (Å²) < 4.78 is 0. The Balaban J connectivity index is 1.66.